The van der Waals surface area contributed by atoms with Crippen molar-refractivity contribution in [3.05, 3.63) is 48.0 Å². The first-order chi connectivity index (χ1) is 9.50. The number of carbonyl (C=O) groups is 1. The summed E-state index contributed by atoms with van der Waals surface area (Å²) in [4.78, 5) is 11.8. The fourth-order valence-corrected chi connectivity index (χ4v) is 2.35. The van der Waals surface area contributed by atoms with Crippen molar-refractivity contribution in [2.24, 2.45) is 0 Å². The Hall–Kier alpha value is -1.66. The highest BCUT2D eigenvalue weighted by Gasteiger charge is 2.26. The smallest absolute Gasteiger partial charge is 0.312 e. The zero-order valence-corrected chi connectivity index (χ0v) is 12.5. The monoisotopic (exact) mass is 292 g/mol. The second-order valence-corrected chi connectivity index (χ2v) is 6.27. The van der Waals surface area contributed by atoms with Crippen molar-refractivity contribution in [2.75, 3.05) is 20.4 Å². The lowest BCUT2D eigenvalue weighted by molar-refractivity contribution is -0.113. The standard InChI is InChI=1S/C15H17O4P/c1-13(15(16)12-20(17,18-2)19-3)8-7-11-14-9-5-4-6-10-14/h4-6,9-10H,1,8,12H2,2-3H3. The van der Waals surface area contributed by atoms with Crippen molar-refractivity contribution >= 4 is 13.4 Å². The van der Waals surface area contributed by atoms with Crippen LogP contribution in [-0.4, -0.2) is 26.2 Å². The Bertz CT molecular complexity index is 573. The Morgan fingerprint density at radius 1 is 1.25 bits per heavy atom. The molecule has 0 aliphatic heterocycles. The molecule has 0 radical (unpaired) electrons. The van der Waals surface area contributed by atoms with Gasteiger partial charge in [0.25, 0.3) is 0 Å². The van der Waals surface area contributed by atoms with Crippen LogP contribution in [0.2, 0.25) is 0 Å². The van der Waals surface area contributed by atoms with E-state index < -0.39 is 7.60 Å². The van der Waals surface area contributed by atoms with Crippen molar-refractivity contribution in [3.63, 3.8) is 0 Å². The Morgan fingerprint density at radius 2 is 1.85 bits per heavy atom. The first-order valence-corrected chi connectivity index (χ1v) is 7.69. The van der Waals surface area contributed by atoms with E-state index in [1.54, 1.807) is 0 Å². The molecule has 1 rings (SSSR count). The predicted octanol–water partition coefficient (Wildman–Crippen LogP) is 3.04. The average Bonchev–Trinajstić information content (AvgIpc) is 2.48. The zero-order valence-electron chi connectivity index (χ0n) is 11.6. The SMILES string of the molecule is C=C(CC#Cc1ccccc1)C(=O)CP(=O)(OC)OC. The Balaban J connectivity index is 2.58. The minimum atomic E-state index is -3.34. The van der Waals surface area contributed by atoms with Crippen molar-refractivity contribution in [2.45, 2.75) is 6.42 Å². The van der Waals surface area contributed by atoms with Crippen LogP contribution in [0.15, 0.2) is 42.5 Å². The van der Waals surface area contributed by atoms with E-state index in [9.17, 15) is 9.36 Å². The van der Waals surface area contributed by atoms with Gasteiger partial charge in [0.05, 0.1) is 0 Å². The van der Waals surface area contributed by atoms with Crippen LogP contribution in [-0.2, 0) is 18.4 Å². The number of hydrogen-bond acceptors (Lipinski definition) is 4. The molecule has 0 fully saturated rings. The van der Waals surface area contributed by atoms with Crippen LogP contribution in [0.5, 0.6) is 0 Å². The van der Waals surface area contributed by atoms with Crippen LogP contribution < -0.4 is 0 Å². The van der Waals surface area contributed by atoms with Gasteiger partial charge in [-0.05, 0) is 12.1 Å². The number of benzene rings is 1. The topological polar surface area (TPSA) is 52.6 Å². The number of rotatable bonds is 6. The predicted molar refractivity (Wildman–Crippen MR) is 78.6 cm³/mol. The van der Waals surface area contributed by atoms with Gasteiger partial charge in [-0.1, -0.05) is 36.6 Å². The molecule has 0 atom stereocenters. The van der Waals surface area contributed by atoms with Gasteiger partial charge in [0, 0.05) is 31.8 Å². The van der Waals surface area contributed by atoms with Gasteiger partial charge < -0.3 is 9.05 Å². The number of carbonyl (C=O) groups excluding carboxylic acids is 1. The first kappa shape index (κ1) is 16.4. The van der Waals surface area contributed by atoms with E-state index in [-0.39, 0.29) is 18.4 Å². The number of allylic oxidation sites excluding steroid dienone is 1. The highest BCUT2D eigenvalue weighted by molar-refractivity contribution is 7.54. The van der Waals surface area contributed by atoms with Gasteiger partial charge in [-0.25, -0.2) is 0 Å². The van der Waals surface area contributed by atoms with Gasteiger partial charge in [0.15, 0.2) is 5.78 Å². The minimum absolute atomic E-state index is 0.223. The first-order valence-electron chi connectivity index (χ1n) is 5.96. The van der Waals surface area contributed by atoms with Crippen LogP contribution in [0, 0.1) is 11.8 Å². The number of Topliss-reactive ketones (excluding diaryl/α,β-unsaturated/α-hetero) is 1. The fourth-order valence-electron chi connectivity index (χ4n) is 1.36. The molecule has 0 saturated heterocycles. The highest BCUT2D eigenvalue weighted by Crippen LogP contribution is 2.46. The molecule has 20 heavy (non-hydrogen) atoms. The van der Waals surface area contributed by atoms with E-state index in [2.05, 4.69) is 18.4 Å². The summed E-state index contributed by atoms with van der Waals surface area (Å²) in [5.74, 6) is 5.43. The summed E-state index contributed by atoms with van der Waals surface area (Å²) >= 11 is 0. The summed E-state index contributed by atoms with van der Waals surface area (Å²) in [6.45, 7) is 3.65. The van der Waals surface area contributed by atoms with E-state index >= 15 is 0 Å². The quantitative estimate of drug-likeness (QED) is 0.459. The maximum absolute atomic E-state index is 11.8. The van der Waals surface area contributed by atoms with Gasteiger partial charge in [-0.2, -0.15) is 0 Å². The van der Waals surface area contributed by atoms with Crippen LogP contribution in [0.3, 0.4) is 0 Å². The zero-order chi connectivity index (χ0) is 15.0. The molecule has 0 N–H and O–H groups in total. The fraction of sp³-hybridized carbons (Fsp3) is 0.267. The number of ketones is 1. The van der Waals surface area contributed by atoms with E-state index in [4.69, 9.17) is 9.05 Å². The molecule has 5 heteroatoms. The number of hydrogen-bond donors (Lipinski definition) is 0. The summed E-state index contributed by atoms with van der Waals surface area (Å²) in [7, 11) is -0.849. The lowest BCUT2D eigenvalue weighted by Gasteiger charge is -2.12. The molecule has 0 aliphatic carbocycles. The summed E-state index contributed by atoms with van der Waals surface area (Å²) in [6, 6.07) is 9.43. The van der Waals surface area contributed by atoms with Crippen molar-refractivity contribution in [1.82, 2.24) is 0 Å². The molecule has 0 amide bonds. The third kappa shape index (κ3) is 5.14. The van der Waals surface area contributed by atoms with Crippen molar-refractivity contribution < 1.29 is 18.4 Å². The van der Waals surface area contributed by atoms with E-state index in [0.29, 0.717) is 5.57 Å². The molecule has 0 aromatic heterocycles. The minimum Gasteiger partial charge on any atom is -0.312 e. The second-order valence-electron chi connectivity index (χ2n) is 4.01. The van der Waals surface area contributed by atoms with Crippen LogP contribution in [0.4, 0.5) is 0 Å². The maximum Gasteiger partial charge on any atom is 0.337 e. The normalized spacial score (nSPS) is 10.5. The van der Waals surface area contributed by atoms with E-state index in [1.807, 2.05) is 30.3 Å². The van der Waals surface area contributed by atoms with Gasteiger partial charge in [0.1, 0.15) is 6.16 Å². The Kier molecular flexibility index (Phi) is 6.41. The molecular formula is C15H17O4P. The third-order valence-electron chi connectivity index (χ3n) is 2.60. The molecule has 0 bridgehead atoms. The van der Waals surface area contributed by atoms with Crippen LogP contribution >= 0.6 is 7.60 Å². The molecular weight excluding hydrogens is 275 g/mol. The van der Waals surface area contributed by atoms with E-state index in [1.165, 1.54) is 14.2 Å². The molecule has 0 unspecified atom stereocenters. The van der Waals surface area contributed by atoms with Crippen molar-refractivity contribution in [1.29, 1.82) is 0 Å². The summed E-state index contributed by atoms with van der Waals surface area (Å²) < 4.78 is 21.3. The summed E-state index contributed by atoms with van der Waals surface area (Å²) in [5.41, 5.74) is 1.16. The van der Waals surface area contributed by atoms with Gasteiger partial charge >= 0.3 is 7.60 Å². The Labute approximate surface area is 119 Å². The molecule has 0 saturated carbocycles. The lowest BCUT2D eigenvalue weighted by atomic mass is 10.1. The van der Waals surface area contributed by atoms with Crippen LogP contribution in [0.1, 0.15) is 12.0 Å². The highest BCUT2D eigenvalue weighted by atomic mass is 31.2. The molecule has 1 aromatic carbocycles. The summed E-state index contributed by atoms with van der Waals surface area (Å²) in [5, 5.41) is 0. The van der Waals surface area contributed by atoms with Crippen LogP contribution in [0.25, 0.3) is 0 Å². The molecule has 1 aromatic rings. The third-order valence-corrected chi connectivity index (χ3v) is 4.38. The Morgan fingerprint density at radius 3 is 2.40 bits per heavy atom. The second kappa shape index (κ2) is 7.81. The summed E-state index contributed by atoms with van der Waals surface area (Å²) in [6.07, 6.45) is -0.0903. The van der Waals surface area contributed by atoms with Gasteiger partial charge in [-0.15, -0.1) is 0 Å². The largest absolute Gasteiger partial charge is 0.337 e. The van der Waals surface area contributed by atoms with Gasteiger partial charge in [-0.3, -0.25) is 9.36 Å². The average molecular weight is 292 g/mol. The van der Waals surface area contributed by atoms with E-state index in [0.717, 1.165) is 5.56 Å². The maximum atomic E-state index is 11.8. The van der Waals surface area contributed by atoms with Gasteiger partial charge in [0.2, 0.25) is 0 Å². The molecule has 106 valence electrons. The lowest BCUT2D eigenvalue weighted by Crippen LogP contribution is -2.09. The molecule has 0 heterocycles. The molecule has 0 aliphatic rings. The molecule has 0 spiro atoms. The molecule has 4 nitrogen and oxygen atoms in total. The van der Waals surface area contributed by atoms with Crippen molar-refractivity contribution in [3.8, 4) is 11.8 Å².